The van der Waals surface area contributed by atoms with Gasteiger partial charge in [-0.1, -0.05) is 29.6 Å². The third-order valence-electron chi connectivity index (χ3n) is 4.32. The number of methoxy groups -OCH3 is 1. The predicted molar refractivity (Wildman–Crippen MR) is 112 cm³/mol. The molecule has 1 heterocycles. The van der Waals surface area contributed by atoms with Crippen LogP contribution >= 0.6 is 23.2 Å². The lowest BCUT2D eigenvalue weighted by atomic mass is 10.2. The number of benzene rings is 2. The van der Waals surface area contributed by atoms with Gasteiger partial charge in [0.15, 0.2) is 0 Å². The number of nitrogens with one attached hydrogen (secondary N) is 1. The summed E-state index contributed by atoms with van der Waals surface area (Å²) in [5.74, 6) is 1.49. The molecule has 2 aromatic rings. The third kappa shape index (κ3) is 4.93. The minimum absolute atomic E-state index is 0.292. The van der Waals surface area contributed by atoms with Gasteiger partial charge < -0.3 is 10.1 Å². The van der Waals surface area contributed by atoms with Gasteiger partial charge in [0.05, 0.1) is 22.8 Å². The number of nitrogens with zero attached hydrogens (tertiary/aromatic N) is 2. The maximum absolute atomic E-state index is 13.1. The molecule has 2 amide bonds. The Morgan fingerprint density at radius 2 is 1.85 bits per heavy atom. The number of hydrogen-bond acceptors (Lipinski definition) is 3. The van der Waals surface area contributed by atoms with Gasteiger partial charge in [0.1, 0.15) is 11.6 Å². The summed E-state index contributed by atoms with van der Waals surface area (Å²) in [6.07, 6.45) is 3.90. The van der Waals surface area contributed by atoms with Crippen LogP contribution in [0, 0.1) is 0 Å². The van der Waals surface area contributed by atoms with Crippen molar-refractivity contribution in [3.63, 3.8) is 0 Å². The maximum Gasteiger partial charge on any atom is 0.331 e. The Kier molecular flexibility index (Phi) is 6.58. The highest BCUT2D eigenvalue weighted by Crippen LogP contribution is 2.27. The molecule has 7 heteroatoms. The summed E-state index contributed by atoms with van der Waals surface area (Å²) in [7, 11) is 1.61. The number of hydrogen-bond donors (Lipinski definition) is 1. The standard InChI is InChI=1S/C20H21Cl2N3O2/c1-27-16-9-7-15(8-10-16)25(19-5-3-2-4-12-23-19)20(26)24-14-6-11-17(21)18(22)13-14/h6-11,13H,2-5,12H2,1H3,(H,24,26). The Bertz CT molecular complexity index is 838. The highest BCUT2D eigenvalue weighted by molar-refractivity contribution is 6.42. The lowest BCUT2D eigenvalue weighted by Gasteiger charge is -2.25. The highest BCUT2D eigenvalue weighted by Gasteiger charge is 2.23. The predicted octanol–water partition coefficient (Wildman–Crippen LogP) is 6.01. The second kappa shape index (κ2) is 9.11. The Morgan fingerprint density at radius 1 is 1.07 bits per heavy atom. The zero-order valence-electron chi connectivity index (χ0n) is 15.0. The first kappa shape index (κ1) is 19.5. The molecule has 2 aromatic carbocycles. The highest BCUT2D eigenvalue weighted by atomic mass is 35.5. The molecular formula is C20H21Cl2N3O2. The number of carbonyl (C=O) groups excluding carboxylic acids is 1. The first-order chi connectivity index (χ1) is 13.1. The van der Waals surface area contributed by atoms with Gasteiger partial charge in [-0.3, -0.25) is 9.89 Å². The minimum Gasteiger partial charge on any atom is -0.497 e. The van der Waals surface area contributed by atoms with Crippen LogP contribution in [0.1, 0.15) is 25.7 Å². The normalized spacial score (nSPS) is 14.1. The number of carbonyl (C=O) groups is 1. The molecule has 0 atom stereocenters. The Hall–Kier alpha value is -2.24. The molecule has 0 aromatic heterocycles. The number of urea groups is 1. The van der Waals surface area contributed by atoms with Gasteiger partial charge in [0.2, 0.25) is 0 Å². The van der Waals surface area contributed by atoms with E-state index >= 15 is 0 Å². The van der Waals surface area contributed by atoms with Gasteiger partial charge >= 0.3 is 6.03 Å². The number of aliphatic imine (C=N–C) groups is 1. The smallest absolute Gasteiger partial charge is 0.331 e. The monoisotopic (exact) mass is 405 g/mol. The molecule has 0 unspecified atom stereocenters. The van der Waals surface area contributed by atoms with E-state index in [0.717, 1.165) is 49.5 Å². The molecule has 0 spiro atoms. The van der Waals surface area contributed by atoms with Gasteiger partial charge in [-0.15, -0.1) is 0 Å². The van der Waals surface area contributed by atoms with Crippen LogP contribution < -0.4 is 15.0 Å². The van der Waals surface area contributed by atoms with Crippen molar-refractivity contribution in [3.8, 4) is 5.75 Å². The fourth-order valence-electron chi connectivity index (χ4n) is 2.91. The summed E-state index contributed by atoms with van der Waals surface area (Å²) in [5.41, 5.74) is 1.30. The summed E-state index contributed by atoms with van der Waals surface area (Å²) >= 11 is 12.0. The number of halogens is 2. The zero-order valence-corrected chi connectivity index (χ0v) is 16.6. The molecule has 0 aliphatic carbocycles. The first-order valence-corrected chi connectivity index (χ1v) is 9.57. The van der Waals surface area contributed by atoms with Crippen molar-refractivity contribution in [1.82, 2.24) is 0 Å². The molecule has 0 saturated carbocycles. The molecular weight excluding hydrogens is 385 g/mol. The molecule has 1 aliphatic heterocycles. The van der Waals surface area contributed by atoms with Gasteiger partial charge in [-0.2, -0.15) is 0 Å². The molecule has 27 heavy (non-hydrogen) atoms. The number of rotatable bonds is 3. The first-order valence-electron chi connectivity index (χ1n) is 8.82. The van der Waals surface area contributed by atoms with Crippen LogP contribution in [0.25, 0.3) is 0 Å². The SMILES string of the molecule is COc1ccc(N(C(=O)Nc2ccc(Cl)c(Cl)c2)C2=NCCCCC2)cc1. The van der Waals surface area contributed by atoms with E-state index in [1.165, 1.54) is 0 Å². The molecule has 1 N–H and O–H groups in total. The van der Waals surface area contributed by atoms with Crippen LogP contribution in [-0.2, 0) is 0 Å². The van der Waals surface area contributed by atoms with E-state index in [1.807, 2.05) is 24.3 Å². The summed E-state index contributed by atoms with van der Waals surface area (Å²) < 4.78 is 5.22. The molecule has 0 fully saturated rings. The minimum atomic E-state index is -0.292. The lowest BCUT2D eigenvalue weighted by Crippen LogP contribution is -2.40. The fourth-order valence-corrected chi connectivity index (χ4v) is 3.21. The van der Waals surface area contributed by atoms with Crippen LogP contribution in [0.4, 0.5) is 16.2 Å². The Labute approximate surface area is 168 Å². The third-order valence-corrected chi connectivity index (χ3v) is 5.05. The van der Waals surface area contributed by atoms with Crippen molar-refractivity contribution in [1.29, 1.82) is 0 Å². The van der Waals surface area contributed by atoms with Crippen molar-refractivity contribution in [2.75, 3.05) is 23.9 Å². The summed E-state index contributed by atoms with van der Waals surface area (Å²) in [6, 6.07) is 12.1. The maximum atomic E-state index is 13.1. The van der Waals surface area contributed by atoms with E-state index in [9.17, 15) is 4.79 Å². The van der Waals surface area contributed by atoms with Crippen LogP contribution in [0.15, 0.2) is 47.5 Å². The van der Waals surface area contributed by atoms with Crippen molar-refractivity contribution >= 4 is 46.4 Å². The van der Waals surface area contributed by atoms with Gasteiger partial charge in [-0.05, 0) is 55.3 Å². The fraction of sp³-hybridized carbons (Fsp3) is 0.300. The second-order valence-electron chi connectivity index (χ2n) is 6.20. The van der Waals surface area contributed by atoms with E-state index in [2.05, 4.69) is 10.3 Å². The molecule has 1 aliphatic rings. The Morgan fingerprint density at radius 3 is 2.56 bits per heavy atom. The molecule has 5 nitrogen and oxygen atoms in total. The summed E-state index contributed by atoms with van der Waals surface area (Å²) in [5, 5.41) is 3.71. The van der Waals surface area contributed by atoms with Gasteiger partial charge in [-0.25, -0.2) is 4.79 Å². The quantitative estimate of drug-likeness (QED) is 0.678. The molecule has 142 valence electrons. The van der Waals surface area contributed by atoms with E-state index in [1.54, 1.807) is 30.2 Å². The topological polar surface area (TPSA) is 53.9 Å². The molecule has 0 bridgehead atoms. The van der Waals surface area contributed by atoms with E-state index in [-0.39, 0.29) is 6.03 Å². The van der Waals surface area contributed by atoms with Gasteiger partial charge in [0.25, 0.3) is 0 Å². The number of anilines is 2. The van der Waals surface area contributed by atoms with Crippen LogP contribution in [0.2, 0.25) is 10.0 Å². The van der Waals surface area contributed by atoms with Crippen molar-refractivity contribution in [2.24, 2.45) is 4.99 Å². The molecule has 0 radical (unpaired) electrons. The van der Waals surface area contributed by atoms with Crippen LogP contribution in [-0.4, -0.2) is 25.5 Å². The van der Waals surface area contributed by atoms with Crippen molar-refractivity contribution < 1.29 is 9.53 Å². The Balaban J connectivity index is 1.90. The summed E-state index contributed by atoms with van der Waals surface area (Å²) in [6.45, 7) is 0.724. The number of amidine groups is 1. The molecule has 0 saturated heterocycles. The average molecular weight is 406 g/mol. The number of amides is 2. The summed E-state index contributed by atoms with van der Waals surface area (Å²) in [4.78, 5) is 19.4. The van der Waals surface area contributed by atoms with E-state index in [4.69, 9.17) is 27.9 Å². The lowest BCUT2D eigenvalue weighted by molar-refractivity contribution is 0.259. The van der Waals surface area contributed by atoms with Gasteiger partial charge in [0, 0.05) is 18.7 Å². The van der Waals surface area contributed by atoms with Crippen molar-refractivity contribution in [3.05, 3.63) is 52.5 Å². The van der Waals surface area contributed by atoms with Crippen molar-refractivity contribution in [2.45, 2.75) is 25.7 Å². The van der Waals surface area contributed by atoms with Crippen LogP contribution in [0.3, 0.4) is 0 Å². The second-order valence-corrected chi connectivity index (χ2v) is 7.02. The van der Waals surface area contributed by atoms with E-state index < -0.39 is 0 Å². The van der Waals surface area contributed by atoms with E-state index in [0.29, 0.717) is 15.7 Å². The average Bonchev–Trinajstić information content (AvgIpc) is 2.95. The largest absolute Gasteiger partial charge is 0.497 e. The van der Waals surface area contributed by atoms with Crippen LogP contribution in [0.5, 0.6) is 5.75 Å². The number of ether oxygens (including phenoxy) is 1. The zero-order chi connectivity index (χ0) is 19.2. The molecule has 3 rings (SSSR count).